The van der Waals surface area contributed by atoms with E-state index in [0.717, 1.165) is 31.7 Å². The van der Waals surface area contributed by atoms with Gasteiger partial charge in [0.1, 0.15) is 6.07 Å². The van der Waals surface area contributed by atoms with Gasteiger partial charge in [0.15, 0.2) is 5.69 Å². The van der Waals surface area contributed by atoms with Gasteiger partial charge in [-0.3, -0.25) is 0 Å². The molecule has 4 nitrogen and oxygen atoms in total. The SMILES string of the molecule is CC1CN(C)CCCN1c1cccnc1C#N. The summed E-state index contributed by atoms with van der Waals surface area (Å²) < 4.78 is 0. The van der Waals surface area contributed by atoms with Crippen molar-refractivity contribution in [2.75, 3.05) is 31.6 Å². The normalized spacial score (nSPS) is 21.9. The highest BCUT2D eigenvalue weighted by molar-refractivity contribution is 5.56. The van der Waals surface area contributed by atoms with Crippen LogP contribution >= 0.6 is 0 Å². The molecule has 0 saturated carbocycles. The van der Waals surface area contributed by atoms with E-state index in [1.807, 2.05) is 12.1 Å². The van der Waals surface area contributed by atoms with E-state index in [1.54, 1.807) is 6.20 Å². The molecule has 0 spiro atoms. The maximum Gasteiger partial charge on any atom is 0.163 e. The molecule has 0 aliphatic carbocycles. The van der Waals surface area contributed by atoms with E-state index in [-0.39, 0.29) is 0 Å². The summed E-state index contributed by atoms with van der Waals surface area (Å²) >= 11 is 0. The number of nitriles is 1. The van der Waals surface area contributed by atoms with E-state index in [2.05, 4.69) is 34.8 Å². The van der Waals surface area contributed by atoms with Crippen LogP contribution in [0.3, 0.4) is 0 Å². The summed E-state index contributed by atoms with van der Waals surface area (Å²) in [6.07, 6.45) is 2.80. The molecule has 1 aromatic rings. The summed E-state index contributed by atoms with van der Waals surface area (Å²) in [5.74, 6) is 0. The molecular formula is C13H18N4. The van der Waals surface area contributed by atoms with Gasteiger partial charge in [-0.15, -0.1) is 0 Å². The number of pyridine rings is 1. The Morgan fingerprint density at radius 3 is 3.06 bits per heavy atom. The number of rotatable bonds is 1. The van der Waals surface area contributed by atoms with Crippen molar-refractivity contribution in [1.29, 1.82) is 5.26 Å². The van der Waals surface area contributed by atoms with Crippen molar-refractivity contribution in [3.05, 3.63) is 24.0 Å². The molecule has 90 valence electrons. The maximum atomic E-state index is 9.11. The summed E-state index contributed by atoms with van der Waals surface area (Å²) in [6.45, 7) is 5.34. The summed E-state index contributed by atoms with van der Waals surface area (Å²) in [6, 6.07) is 6.49. The zero-order chi connectivity index (χ0) is 12.3. The van der Waals surface area contributed by atoms with Gasteiger partial charge in [-0.1, -0.05) is 0 Å². The first-order chi connectivity index (χ1) is 8.22. The second-order valence-electron chi connectivity index (χ2n) is 4.64. The van der Waals surface area contributed by atoms with Gasteiger partial charge in [0.2, 0.25) is 0 Å². The molecule has 1 saturated heterocycles. The maximum absolute atomic E-state index is 9.11. The van der Waals surface area contributed by atoms with Crippen molar-refractivity contribution < 1.29 is 0 Å². The molecule has 0 bridgehead atoms. The number of hydrogen-bond donors (Lipinski definition) is 0. The highest BCUT2D eigenvalue weighted by Crippen LogP contribution is 2.22. The molecule has 1 atom stereocenters. The van der Waals surface area contributed by atoms with Gasteiger partial charge < -0.3 is 9.80 Å². The van der Waals surface area contributed by atoms with Crippen LogP contribution in [0.1, 0.15) is 19.0 Å². The third kappa shape index (κ3) is 2.56. The average molecular weight is 230 g/mol. The van der Waals surface area contributed by atoms with E-state index in [0.29, 0.717) is 11.7 Å². The number of likely N-dealkylation sites (N-methyl/N-ethyl adjacent to an activating group) is 1. The lowest BCUT2D eigenvalue weighted by atomic mass is 10.2. The minimum Gasteiger partial charge on any atom is -0.365 e. The Morgan fingerprint density at radius 2 is 2.29 bits per heavy atom. The first kappa shape index (κ1) is 11.9. The first-order valence-electron chi connectivity index (χ1n) is 6.02. The molecule has 0 N–H and O–H groups in total. The Kier molecular flexibility index (Phi) is 3.60. The molecule has 4 heteroatoms. The summed E-state index contributed by atoms with van der Waals surface area (Å²) in [4.78, 5) is 8.78. The average Bonchev–Trinajstić information content (AvgIpc) is 2.50. The van der Waals surface area contributed by atoms with Crippen LogP contribution in [0, 0.1) is 11.3 Å². The Morgan fingerprint density at radius 1 is 1.47 bits per heavy atom. The standard InChI is InChI=1S/C13H18N4/c1-11-10-16(2)7-4-8-17(11)13-5-3-6-15-12(13)9-14/h3,5-6,11H,4,7-8,10H2,1-2H3. The minimum atomic E-state index is 0.416. The van der Waals surface area contributed by atoms with E-state index in [9.17, 15) is 0 Å². The van der Waals surface area contributed by atoms with Crippen molar-refractivity contribution in [2.45, 2.75) is 19.4 Å². The lowest BCUT2D eigenvalue weighted by molar-refractivity contribution is 0.337. The van der Waals surface area contributed by atoms with Gasteiger partial charge in [0.25, 0.3) is 0 Å². The fourth-order valence-electron chi connectivity index (χ4n) is 2.44. The van der Waals surface area contributed by atoms with Crippen LogP contribution < -0.4 is 4.90 Å². The fraction of sp³-hybridized carbons (Fsp3) is 0.538. The fourth-order valence-corrected chi connectivity index (χ4v) is 2.44. The Balaban J connectivity index is 2.29. The van der Waals surface area contributed by atoms with Crippen LogP contribution in [0.25, 0.3) is 0 Å². The van der Waals surface area contributed by atoms with E-state index in [4.69, 9.17) is 5.26 Å². The zero-order valence-corrected chi connectivity index (χ0v) is 10.4. The smallest absolute Gasteiger partial charge is 0.163 e. The van der Waals surface area contributed by atoms with Gasteiger partial charge in [0, 0.05) is 25.3 Å². The summed E-state index contributed by atoms with van der Waals surface area (Å²) in [7, 11) is 2.15. The van der Waals surface area contributed by atoms with Crippen molar-refractivity contribution in [2.24, 2.45) is 0 Å². The molecule has 0 radical (unpaired) electrons. The second kappa shape index (κ2) is 5.15. The van der Waals surface area contributed by atoms with Crippen LogP contribution in [0.4, 0.5) is 5.69 Å². The Hall–Kier alpha value is -1.60. The van der Waals surface area contributed by atoms with Gasteiger partial charge >= 0.3 is 0 Å². The van der Waals surface area contributed by atoms with Crippen molar-refractivity contribution >= 4 is 5.69 Å². The number of aromatic nitrogens is 1. The third-order valence-electron chi connectivity index (χ3n) is 3.25. The van der Waals surface area contributed by atoms with Crippen LogP contribution in [0.2, 0.25) is 0 Å². The largest absolute Gasteiger partial charge is 0.365 e. The van der Waals surface area contributed by atoms with Crippen LogP contribution in [-0.4, -0.2) is 42.6 Å². The third-order valence-corrected chi connectivity index (χ3v) is 3.25. The van der Waals surface area contributed by atoms with Crippen LogP contribution in [-0.2, 0) is 0 Å². The van der Waals surface area contributed by atoms with Crippen LogP contribution in [0.5, 0.6) is 0 Å². The number of hydrogen-bond acceptors (Lipinski definition) is 4. The zero-order valence-electron chi connectivity index (χ0n) is 10.4. The lowest BCUT2D eigenvalue weighted by Crippen LogP contribution is -2.38. The van der Waals surface area contributed by atoms with Crippen molar-refractivity contribution in [1.82, 2.24) is 9.88 Å². The molecule has 2 rings (SSSR count). The molecule has 1 fully saturated rings. The number of anilines is 1. The molecule has 1 aliphatic heterocycles. The van der Waals surface area contributed by atoms with Gasteiger partial charge in [-0.05, 0) is 39.1 Å². The monoisotopic (exact) mass is 230 g/mol. The molecule has 1 unspecified atom stereocenters. The Bertz CT molecular complexity index is 424. The number of nitrogens with zero attached hydrogens (tertiary/aromatic N) is 4. The van der Waals surface area contributed by atoms with E-state index < -0.39 is 0 Å². The second-order valence-corrected chi connectivity index (χ2v) is 4.64. The van der Waals surface area contributed by atoms with Crippen LogP contribution in [0.15, 0.2) is 18.3 Å². The molecule has 17 heavy (non-hydrogen) atoms. The predicted molar refractivity (Wildman–Crippen MR) is 67.9 cm³/mol. The minimum absolute atomic E-state index is 0.416. The molecule has 1 aliphatic rings. The van der Waals surface area contributed by atoms with E-state index >= 15 is 0 Å². The Labute approximate surface area is 102 Å². The molecule has 2 heterocycles. The lowest BCUT2D eigenvalue weighted by Gasteiger charge is -2.30. The molecule has 1 aromatic heterocycles. The quantitative estimate of drug-likeness (QED) is 0.733. The van der Waals surface area contributed by atoms with Gasteiger partial charge in [-0.2, -0.15) is 5.26 Å². The predicted octanol–water partition coefficient (Wildman–Crippen LogP) is 1.48. The molecule has 0 amide bonds. The highest BCUT2D eigenvalue weighted by Gasteiger charge is 2.21. The van der Waals surface area contributed by atoms with Crippen molar-refractivity contribution in [3.63, 3.8) is 0 Å². The first-order valence-corrected chi connectivity index (χ1v) is 6.02. The summed E-state index contributed by atoms with van der Waals surface area (Å²) in [5, 5.41) is 9.11. The van der Waals surface area contributed by atoms with Gasteiger partial charge in [-0.25, -0.2) is 4.98 Å². The molecular weight excluding hydrogens is 212 g/mol. The van der Waals surface area contributed by atoms with Crippen molar-refractivity contribution in [3.8, 4) is 6.07 Å². The van der Waals surface area contributed by atoms with E-state index in [1.165, 1.54) is 0 Å². The topological polar surface area (TPSA) is 43.2 Å². The molecule has 0 aromatic carbocycles. The summed E-state index contributed by atoms with van der Waals surface area (Å²) in [5.41, 5.74) is 1.50. The highest BCUT2D eigenvalue weighted by atomic mass is 15.2. The van der Waals surface area contributed by atoms with Gasteiger partial charge in [0.05, 0.1) is 5.69 Å².